The topological polar surface area (TPSA) is 157 Å². The number of esters is 2. The second-order valence-electron chi connectivity index (χ2n) is 12.6. The van der Waals surface area contributed by atoms with Crippen LogP contribution in [0.1, 0.15) is 38.0 Å². The van der Waals surface area contributed by atoms with Crippen molar-refractivity contribution in [1.29, 1.82) is 5.26 Å². The van der Waals surface area contributed by atoms with Crippen molar-refractivity contribution in [2.75, 3.05) is 13.6 Å². The first kappa shape index (κ1) is 44.6. The molecule has 0 spiro atoms. The number of hydrogen-bond donors (Lipinski definition) is 1. The highest BCUT2D eigenvalue weighted by Gasteiger charge is 2.62. The minimum Gasteiger partial charge on any atom is -0.457 e. The molecule has 3 atom stereocenters. The fourth-order valence-corrected chi connectivity index (χ4v) is 5.47. The lowest BCUT2D eigenvalue weighted by atomic mass is 10.1. The molecule has 1 fully saturated rings. The van der Waals surface area contributed by atoms with E-state index in [1.807, 2.05) is 24.0 Å². The van der Waals surface area contributed by atoms with Crippen LogP contribution in [0, 0.1) is 38.7 Å². The van der Waals surface area contributed by atoms with Gasteiger partial charge < -0.3 is 24.4 Å². The maximum atomic E-state index is 12.8. The number of pyridine rings is 1. The number of nitrogens with zero attached hydrogens (tertiary/aromatic N) is 4. The van der Waals surface area contributed by atoms with E-state index < -0.39 is 58.7 Å². The van der Waals surface area contributed by atoms with Crippen LogP contribution in [-0.4, -0.2) is 58.8 Å². The van der Waals surface area contributed by atoms with Crippen LogP contribution in [-0.2, 0) is 25.6 Å². The number of nitrogens with one attached hydrogen (secondary N) is 1. The van der Waals surface area contributed by atoms with Crippen LogP contribution in [0.4, 0.5) is 26.3 Å². The zero-order valence-corrected chi connectivity index (χ0v) is 30.9. The zero-order valence-electron chi connectivity index (χ0n) is 30.2. The molecule has 12 nitrogen and oxygen atoms in total. The van der Waals surface area contributed by atoms with Gasteiger partial charge in [0.2, 0.25) is 6.10 Å². The van der Waals surface area contributed by atoms with Gasteiger partial charge in [-0.25, -0.2) is 9.78 Å². The molecule has 0 bridgehead atoms. The Kier molecular flexibility index (Phi) is 15.2. The Morgan fingerprint density at radius 2 is 1.70 bits per heavy atom. The smallest absolute Gasteiger partial charge is 0.434 e. The molecule has 3 unspecified atom stereocenters. The molecule has 2 aromatic carbocycles. The zero-order chi connectivity index (χ0) is 41.8. The van der Waals surface area contributed by atoms with Crippen LogP contribution in [0.3, 0.4) is 0 Å². The van der Waals surface area contributed by atoms with Crippen molar-refractivity contribution in [3.05, 3.63) is 123 Å². The van der Waals surface area contributed by atoms with Gasteiger partial charge in [0, 0.05) is 38.0 Å². The molecule has 0 saturated heterocycles. The largest absolute Gasteiger partial charge is 0.457 e. The Hall–Kier alpha value is -5.83. The lowest BCUT2D eigenvalue weighted by Crippen LogP contribution is -2.45. The normalized spacial score (nSPS) is 16.8. The molecule has 1 aromatic heterocycles. The maximum Gasteiger partial charge on any atom is 0.434 e. The van der Waals surface area contributed by atoms with Crippen molar-refractivity contribution < 1.29 is 55.1 Å². The first-order valence-electron chi connectivity index (χ1n) is 16.5. The molecule has 0 amide bonds. The van der Waals surface area contributed by atoms with Crippen molar-refractivity contribution >= 4 is 23.5 Å². The first-order valence-corrected chi connectivity index (χ1v) is 16.9. The quantitative estimate of drug-likeness (QED) is 0.0417. The van der Waals surface area contributed by atoms with Crippen molar-refractivity contribution in [2.24, 2.45) is 17.3 Å². The van der Waals surface area contributed by atoms with E-state index in [0.717, 1.165) is 17.8 Å². The van der Waals surface area contributed by atoms with Gasteiger partial charge in [0.25, 0.3) is 12.3 Å². The van der Waals surface area contributed by atoms with Crippen LogP contribution in [0.2, 0.25) is 5.15 Å². The Morgan fingerprint density at radius 3 is 2.23 bits per heavy atom. The van der Waals surface area contributed by atoms with Crippen LogP contribution in [0.25, 0.3) is 0 Å². The summed E-state index contributed by atoms with van der Waals surface area (Å²) in [5.74, 6) is -2.99. The lowest BCUT2D eigenvalue weighted by molar-refractivity contribution is -0.404. The third-order valence-corrected chi connectivity index (χ3v) is 8.52. The van der Waals surface area contributed by atoms with E-state index >= 15 is 0 Å². The van der Waals surface area contributed by atoms with E-state index in [1.165, 1.54) is 6.07 Å². The third-order valence-electron chi connectivity index (χ3n) is 8.29. The second-order valence-corrected chi connectivity index (χ2v) is 13.0. The summed E-state index contributed by atoms with van der Waals surface area (Å²) in [5.41, 5.74) is 0.402. The van der Waals surface area contributed by atoms with Gasteiger partial charge in [-0.3, -0.25) is 14.9 Å². The molecule has 1 saturated carbocycles. The molecule has 4 rings (SSSR count). The number of alkyl halides is 6. The van der Waals surface area contributed by atoms with Crippen LogP contribution in [0.5, 0.6) is 11.5 Å². The van der Waals surface area contributed by atoms with E-state index in [2.05, 4.69) is 15.0 Å². The number of carbonyl (C=O) groups excluding carboxylic acids is 2. The van der Waals surface area contributed by atoms with E-state index in [0.29, 0.717) is 47.2 Å². The van der Waals surface area contributed by atoms with Crippen molar-refractivity contribution in [2.45, 2.75) is 51.9 Å². The third kappa shape index (κ3) is 12.9. The highest BCUT2D eigenvalue weighted by molar-refractivity contribution is 6.29. The standard InChI is InChI=1S/C26H21F6NO5.C11H15ClN4O2/c1-24(2)18(11-12-20(34)38-23(25(27,28)29)26(30,31)32)21(24)22(35)37-19(14-33)15-7-6-10-17(13-15)36-16-8-4-3-5-9-16;1-3-15(11(13-2)8-16(17)18)7-9-4-5-10(12)14-6-9/h3-13,18-19,21,23H,1-2H3;4-6,8,13H,3,7H2,1-2H3/b12-11-;11-8+. The van der Waals surface area contributed by atoms with Gasteiger partial charge in [-0.1, -0.05) is 67.9 Å². The number of ether oxygens (including phenoxy) is 3. The lowest BCUT2D eigenvalue weighted by Gasteiger charge is -2.23. The number of para-hydroxylation sites is 1. The van der Waals surface area contributed by atoms with Gasteiger partial charge in [-0.2, -0.15) is 31.6 Å². The Morgan fingerprint density at radius 1 is 1.05 bits per heavy atom. The van der Waals surface area contributed by atoms with Crippen molar-refractivity contribution in [3.63, 3.8) is 0 Å². The van der Waals surface area contributed by atoms with E-state index in [9.17, 15) is 51.3 Å². The molecule has 19 heteroatoms. The van der Waals surface area contributed by atoms with Gasteiger partial charge >= 0.3 is 24.3 Å². The summed E-state index contributed by atoms with van der Waals surface area (Å²) in [5, 5.41) is 23.3. The maximum absolute atomic E-state index is 12.8. The fourth-order valence-electron chi connectivity index (χ4n) is 5.36. The Bertz CT molecular complexity index is 1910. The number of nitro groups is 1. The molecule has 0 radical (unpaired) electrons. The van der Waals surface area contributed by atoms with E-state index in [1.54, 1.807) is 81.7 Å². The summed E-state index contributed by atoms with van der Waals surface area (Å²) >= 11 is 5.70. The molecular formula is C37H36ClF6N5O7. The number of halogens is 7. The molecule has 1 aliphatic rings. The number of carbonyl (C=O) groups is 2. The summed E-state index contributed by atoms with van der Waals surface area (Å²) in [7, 11) is 1.65. The predicted molar refractivity (Wildman–Crippen MR) is 189 cm³/mol. The van der Waals surface area contributed by atoms with Gasteiger partial charge in [0.1, 0.15) is 22.7 Å². The van der Waals surface area contributed by atoms with Gasteiger partial charge in [-0.15, -0.1) is 0 Å². The van der Waals surface area contributed by atoms with Crippen LogP contribution in [0.15, 0.2) is 97.1 Å². The first-order chi connectivity index (χ1) is 26.2. The SMILES string of the molecule is CC1(C)C(/C=C\C(=O)OC(C(F)(F)F)C(F)(F)F)C1C(=O)OC(C#N)c1cccc(Oc2ccccc2)c1.CCN(Cc1ccc(Cl)nc1)/C(=C/[N+](=O)[O-])NC. The number of benzene rings is 2. The average molecular weight is 812 g/mol. The monoisotopic (exact) mass is 811 g/mol. The highest BCUT2D eigenvalue weighted by Crippen LogP contribution is 2.59. The number of hydrogen-bond acceptors (Lipinski definition) is 11. The van der Waals surface area contributed by atoms with Crippen molar-refractivity contribution in [1.82, 2.24) is 15.2 Å². The second kappa shape index (κ2) is 19.2. The average Bonchev–Trinajstić information content (AvgIpc) is 3.70. The van der Waals surface area contributed by atoms with E-state index in [-0.39, 0.29) is 0 Å². The van der Waals surface area contributed by atoms with E-state index in [4.69, 9.17) is 21.1 Å². The van der Waals surface area contributed by atoms with Crippen LogP contribution >= 0.6 is 11.6 Å². The minimum absolute atomic E-state index is 0.314. The van der Waals surface area contributed by atoms with Crippen molar-refractivity contribution in [3.8, 4) is 17.6 Å². The molecule has 1 N–H and O–H groups in total. The number of aromatic nitrogens is 1. The summed E-state index contributed by atoms with van der Waals surface area (Å²) < 4.78 is 90.2. The predicted octanol–water partition coefficient (Wildman–Crippen LogP) is 8.30. The molecule has 3 aromatic rings. The summed E-state index contributed by atoms with van der Waals surface area (Å²) in [6.45, 7) is 6.27. The summed E-state index contributed by atoms with van der Waals surface area (Å²) in [6.07, 6.45) is -13.3. The Labute approximate surface area is 322 Å². The number of nitriles is 1. The fraction of sp³-hybridized carbons (Fsp3) is 0.351. The highest BCUT2D eigenvalue weighted by atomic mass is 35.5. The molecule has 300 valence electrons. The number of rotatable bonds is 14. The summed E-state index contributed by atoms with van der Waals surface area (Å²) in [6, 6.07) is 20.5. The molecule has 0 aliphatic heterocycles. The Balaban J connectivity index is 0.000000391. The summed E-state index contributed by atoms with van der Waals surface area (Å²) in [4.78, 5) is 40.3. The van der Waals surface area contributed by atoms with Gasteiger partial charge in [-0.05, 0) is 54.2 Å². The molecular weight excluding hydrogens is 776 g/mol. The molecule has 1 aliphatic carbocycles. The molecule has 56 heavy (non-hydrogen) atoms. The van der Waals surface area contributed by atoms with Gasteiger partial charge in [0.15, 0.2) is 5.82 Å². The van der Waals surface area contributed by atoms with Gasteiger partial charge in [0.05, 0.1) is 10.8 Å². The minimum atomic E-state index is -5.84. The van der Waals surface area contributed by atoms with Crippen LogP contribution < -0.4 is 10.1 Å². The number of allylic oxidation sites excluding steroid dienone is 1. The molecule has 1 heterocycles.